The van der Waals surface area contributed by atoms with Crippen LogP contribution in [0.3, 0.4) is 0 Å². The lowest BCUT2D eigenvalue weighted by Gasteiger charge is -2.38. The van der Waals surface area contributed by atoms with Crippen molar-refractivity contribution in [2.75, 3.05) is 45.1 Å². The third kappa shape index (κ3) is 12.1. The number of nitrogens with one attached hydrogen (secondary N) is 3. The van der Waals surface area contributed by atoms with E-state index in [0.717, 1.165) is 57.9 Å². The number of ether oxygens (including phenoxy) is 2. The van der Waals surface area contributed by atoms with Crippen molar-refractivity contribution in [1.29, 1.82) is 0 Å². The van der Waals surface area contributed by atoms with E-state index in [1.807, 2.05) is 20.8 Å². The van der Waals surface area contributed by atoms with Crippen LogP contribution in [0.15, 0.2) is 17.1 Å². The van der Waals surface area contributed by atoms with Crippen molar-refractivity contribution in [2.45, 2.75) is 142 Å². The fourth-order valence-corrected chi connectivity index (χ4v) is 7.37. The molecule has 2 aliphatic carbocycles. The molecule has 0 radical (unpaired) electrons. The molecule has 292 valence electrons. The van der Waals surface area contributed by atoms with Crippen LogP contribution in [-0.4, -0.2) is 117 Å². The first-order valence-corrected chi connectivity index (χ1v) is 18.8. The number of amides is 5. The maximum Gasteiger partial charge on any atom is 0.408 e. The number of anilines is 1. The van der Waals surface area contributed by atoms with Gasteiger partial charge in [0.25, 0.3) is 0 Å². The number of rotatable bonds is 8. The Morgan fingerprint density at radius 2 is 1.37 bits per heavy atom. The van der Waals surface area contributed by atoms with E-state index in [1.165, 1.54) is 0 Å². The first-order valence-electron chi connectivity index (χ1n) is 18.8. The van der Waals surface area contributed by atoms with Crippen LogP contribution in [-0.2, 0) is 14.3 Å². The minimum Gasteiger partial charge on any atom is -0.444 e. The van der Waals surface area contributed by atoms with Gasteiger partial charge in [-0.15, -0.1) is 0 Å². The quantitative estimate of drug-likeness (QED) is 0.343. The van der Waals surface area contributed by atoms with Crippen LogP contribution in [0.25, 0.3) is 0 Å². The van der Waals surface area contributed by atoms with Gasteiger partial charge in [0.15, 0.2) is 0 Å². The highest BCUT2D eigenvalue weighted by Crippen LogP contribution is 2.33. The molecule has 2 heterocycles. The molecule has 0 aromatic carbocycles. The van der Waals surface area contributed by atoms with Gasteiger partial charge in [-0.05, 0) is 126 Å². The summed E-state index contributed by atoms with van der Waals surface area (Å²) in [6.07, 6.45) is 8.53. The smallest absolute Gasteiger partial charge is 0.408 e. The summed E-state index contributed by atoms with van der Waals surface area (Å²) in [5.74, 6) is 0.487. The van der Waals surface area contributed by atoms with Gasteiger partial charge in [0.2, 0.25) is 5.91 Å². The third-order valence-electron chi connectivity index (χ3n) is 10.1. The molecule has 15 heteroatoms. The predicted octanol–water partition coefficient (Wildman–Crippen LogP) is 4.72. The SMILES string of the molecule is CN(CC1CCC(n2ccc(NC(=O)N3CCN(C(=O)C(C)(C)NC(=O)OC(C)(C)C)CC3)nc2=O)CC1)C1CCC(NC(=O)OC(C)(C)C)CC1. The Morgan fingerprint density at radius 3 is 1.92 bits per heavy atom. The lowest BCUT2D eigenvalue weighted by molar-refractivity contribution is -0.138. The second-order valence-corrected chi connectivity index (χ2v) is 17.2. The zero-order valence-electron chi connectivity index (χ0n) is 32.8. The zero-order valence-corrected chi connectivity index (χ0v) is 32.8. The van der Waals surface area contributed by atoms with E-state index < -0.39 is 22.8 Å². The van der Waals surface area contributed by atoms with Gasteiger partial charge >= 0.3 is 23.9 Å². The molecule has 0 atom stereocenters. The average molecular weight is 731 g/mol. The van der Waals surface area contributed by atoms with Gasteiger partial charge in [-0.1, -0.05) is 0 Å². The van der Waals surface area contributed by atoms with Gasteiger partial charge in [0.1, 0.15) is 22.6 Å². The van der Waals surface area contributed by atoms with E-state index in [9.17, 15) is 24.0 Å². The number of piperazine rings is 1. The monoisotopic (exact) mass is 730 g/mol. The standard InChI is InChI=1S/C37H62N8O7/c1-35(2,3)51-33(49)38-26-12-16-27(17-13-26)42(9)24-25-10-14-28(15-11-25)45-19-18-29(40-32(45)48)39-31(47)44-22-20-43(21-23-44)30(46)37(7,8)41-34(50)52-36(4,5)6/h18-19,25-28H,10-17,20-24H2,1-9H3,(H,38,49)(H,41,50)(H,39,40,47,48). The molecule has 52 heavy (non-hydrogen) atoms. The summed E-state index contributed by atoms with van der Waals surface area (Å²) < 4.78 is 12.4. The van der Waals surface area contributed by atoms with E-state index in [0.29, 0.717) is 38.1 Å². The summed E-state index contributed by atoms with van der Waals surface area (Å²) in [4.78, 5) is 73.5. The summed E-state index contributed by atoms with van der Waals surface area (Å²) in [5, 5.41) is 8.41. The number of alkyl carbamates (subject to hydrolysis) is 2. The van der Waals surface area contributed by atoms with E-state index >= 15 is 0 Å². The van der Waals surface area contributed by atoms with Crippen molar-refractivity contribution < 1.29 is 28.7 Å². The van der Waals surface area contributed by atoms with Gasteiger partial charge in [-0.25, -0.2) is 19.2 Å². The molecule has 1 aliphatic heterocycles. The largest absolute Gasteiger partial charge is 0.444 e. The van der Waals surface area contributed by atoms with Crippen LogP contribution < -0.4 is 21.6 Å². The fraction of sp³-hybridized carbons (Fsp3) is 0.784. The molecule has 15 nitrogen and oxygen atoms in total. The maximum atomic E-state index is 13.2. The number of carbonyl (C=O) groups is 4. The first kappa shape index (κ1) is 40.9. The molecular formula is C37H62N8O7. The molecule has 0 spiro atoms. The Labute approximate surface area is 308 Å². The van der Waals surface area contributed by atoms with Gasteiger partial charge in [0, 0.05) is 57.0 Å². The van der Waals surface area contributed by atoms with Crippen molar-refractivity contribution >= 4 is 29.9 Å². The van der Waals surface area contributed by atoms with E-state index in [2.05, 4.69) is 32.9 Å². The lowest BCUT2D eigenvalue weighted by atomic mass is 9.84. The number of aromatic nitrogens is 2. The van der Waals surface area contributed by atoms with Gasteiger partial charge < -0.3 is 34.8 Å². The van der Waals surface area contributed by atoms with E-state index in [4.69, 9.17) is 9.47 Å². The van der Waals surface area contributed by atoms with E-state index in [1.54, 1.807) is 61.2 Å². The number of nitrogens with zero attached hydrogens (tertiary/aromatic N) is 5. The highest BCUT2D eigenvalue weighted by molar-refractivity contribution is 5.90. The van der Waals surface area contributed by atoms with Crippen molar-refractivity contribution in [3.63, 3.8) is 0 Å². The molecule has 3 fully saturated rings. The Kier molecular flexibility index (Phi) is 13.2. The lowest BCUT2D eigenvalue weighted by Crippen LogP contribution is -2.60. The Balaban J connectivity index is 1.17. The summed E-state index contributed by atoms with van der Waals surface area (Å²) in [6.45, 7) is 16.3. The number of urea groups is 1. The van der Waals surface area contributed by atoms with Crippen molar-refractivity contribution in [1.82, 2.24) is 34.9 Å². The topological polar surface area (TPSA) is 167 Å². The molecular weight excluding hydrogens is 668 g/mol. The maximum absolute atomic E-state index is 13.2. The van der Waals surface area contributed by atoms with Gasteiger partial charge in [0.05, 0.1) is 0 Å². The second kappa shape index (κ2) is 16.9. The highest BCUT2D eigenvalue weighted by Gasteiger charge is 2.37. The molecule has 4 rings (SSSR count). The minimum absolute atomic E-state index is 0.0698. The van der Waals surface area contributed by atoms with Crippen molar-refractivity contribution in [3.8, 4) is 0 Å². The Hall–Kier alpha value is -3.88. The summed E-state index contributed by atoms with van der Waals surface area (Å²) in [7, 11) is 2.20. The highest BCUT2D eigenvalue weighted by atomic mass is 16.6. The van der Waals surface area contributed by atoms with E-state index in [-0.39, 0.29) is 41.6 Å². The molecule has 1 aromatic rings. The second-order valence-electron chi connectivity index (χ2n) is 17.2. The van der Waals surface area contributed by atoms with Gasteiger partial charge in [-0.2, -0.15) is 4.98 Å². The van der Waals surface area contributed by atoms with Crippen molar-refractivity contribution in [2.24, 2.45) is 5.92 Å². The summed E-state index contributed by atoms with van der Waals surface area (Å²) in [6, 6.07) is 2.00. The van der Waals surface area contributed by atoms with Gasteiger partial charge in [-0.3, -0.25) is 14.7 Å². The third-order valence-corrected chi connectivity index (χ3v) is 10.1. The summed E-state index contributed by atoms with van der Waals surface area (Å²) >= 11 is 0. The van der Waals surface area contributed by atoms with Crippen LogP contribution in [0.2, 0.25) is 0 Å². The Bertz CT molecular complexity index is 1460. The predicted molar refractivity (Wildman–Crippen MR) is 198 cm³/mol. The van der Waals surface area contributed by atoms with Crippen LogP contribution in [0, 0.1) is 5.92 Å². The molecule has 0 unspecified atom stereocenters. The first-order chi connectivity index (χ1) is 24.2. The zero-order chi connectivity index (χ0) is 38.4. The van der Waals surface area contributed by atoms with Crippen LogP contribution >= 0.6 is 0 Å². The fourth-order valence-electron chi connectivity index (χ4n) is 7.37. The van der Waals surface area contributed by atoms with Crippen LogP contribution in [0.5, 0.6) is 0 Å². The molecule has 5 amide bonds. The number of hydrogen-bond acceptors (Lipinski definition) is 9. The Morgan fingerprint density at radius 1 is 0.808 bits per heavy atom. The van der Waals surface area contributed by atoms with Crippen LogP contribution in [0.4, 0.5) is 20.2 Å². The molecule has 1 aromatic heterocycles. The summed E-state index contributed by atoms with van der Waals surface area (Å²) in [5.41, 5.74) is -2.75. The molecule has 0 bridgehead atoms. The molecule has 1 saturated heterocycles. The molecule has 2 saturated carbocycles. The molecule has 3 aliphatic rings. The number of carbonyl (C=O) groups excluding carboxylic acids is 4. The molecule has 3 N–H and O–H groups in total. The van der Waals surface area contributed by atoms with Crippen LogP contribution in [0.1, 0.15) is 113 Å². The van der Waals surface area contributed by atoms with Crippen molar-refractivity contribution in [3.05, 3.63) is 22.7 Å². The average Bonchev–Trinajstić information content (AvgIpc) is 3.03. The normalized spacial score (nSPS) is 23.1. The minimum atomic E-state index is -1.18. The number of hydrogen-bond donors (Lipinski definition) is 3.